The number of aromatic hydroxyl groups is 2. The third kappa shape index (κ3) is 1.55. The highest BCUT2D eigenvalue weighted by atomic mass is 35.5. The second-order valence-electron chi connectivity index (χ2n) is 6.26. The Bertz CT molecular complexity index is 967. The van der Waals surface area contributed by atoms with Gasteiger partial charge in [0.1, 0.15) is 0 Å². The van der Waals surface area contributed by atoms with E-state index in [2.05, 4.69) is 12.2 Å². The first-order chi connectivity index (χ1) is 11.2. The highest BCUT2D eigenvalue weighted by Gasteiger charge is 2.41. The van der Waals surface area contributed by atoms with Gasteiger partial charge < -0.3 is 10.2 Å². The molecule has 3 aromatic rings. The average Bonchev–Trinajstić information content (AvgIpc) is 3.24. The monoisotopic (exact) mass is 323 g/mol. The van der Waals surface area contributed by atoms with E-state index in [1.54, 1.807) is 10.6 Å². The number of benzene rings is 2. The van der Waals surface area contributed by atoms with E-state index in [1.165, 1.54) is 0 Å². The molecule has 114 valence electrons. The van der Waals surface area contributed by atoms with E-state index in [9.17, 15) is 10.2 Å². The molecule has 2 bridgehead atoms. The van der Waals surface area contributed by atoms with E-state index in [-0.39, 0.29) is 23.6 Å². The van der Waals surface area contributed by atoms with Crippen LogP contribution in [0.1, 0.15) is 29.4 Å². The molecule has 0 radical (unpaired) electrons. The lowest BCUT2D eigenvalue weighted by Crippen LogP contribution is -1.97. The molecule has 2 aliphatic rings. The summed E-state index contributed by atoms with van der Waals surface area (Å²) in [5, 5.41) is 24.0. The zero-order valence-corrected chi connectivity index (χ0v) is 13.0. The van der Waals surface area contributed by atoms with Gasteiger partial charge in [-0.15, -0.1) is 0 Å². The first-order valence-corrected chi connectivity index (χ1v) is 8.07. The highest BCUT2D eigenvalue weighted by Crippen LogP contribution is 2.57. The van der Waals surface area contributed by atoms with E-state index in [0.717, 1.165) is 34.0 Å². The smallest absolute Gasteiger partial charge is 0.202 e. The van der Waals surface area contributed by atoms with Crippen molar-refractivity contribution >= 4 is 22.4 Å². The molecule has 0 saturated carbocycles. The minimum atomic E-state index is 0.141. The van der Waals surface area contributed by atoms with Crippen LogP contribution in [0, 0.1) is 0 Å². The lowest BCUT2D eigenvalue weighted by Gasteiger charge is -2.13. The molecule has 0 saturated heterocycles. The van der Waals surface area contributed by atoms with Crippen LogP contribution in [0.4, 0.5) is 0 Å². The summed E-state index contributed by atoms with van der Waals surface area (Å²) in [6, 6.07) is 11.4. The van der Waals surface area contributed by atoms with Crippen molar-refractivity contribution in [1.82, 2.24) is 4.57 Å². The maximum atomic E-state index is 10.8. The van der Waals surface area contributed by atoms with Crippen LogP contribution >= 0.6 is 11.6 Å². The fraction of sp³-hybridized carbons (Fsp3) is 0.158. The zero-order valence-electron chi connectivity index (χ0n) is 12.2. The molecule has 2 aliphatic carbocycles. The minimum absolute atomic E-state index is 0.141. The predicted molar refractivity (Wildman–Crippen MR) is 90.9 cm³/mol. The van der Waals surface area contributed by atoms with Crippen LogP contribution in [-0.2, 0) is 0 Å². The summed E-state index contributed by atoms with van der Waals surface area (Å²) in [4.78, 5) is 0. The molecule has 0 unspecified atom stereocenters. The fourth-order valence-corrected chi connectivity index (χ4v) is 4.34. The van der Waals surface area contributed by atoms with Gasteiger partial charge in [0.15, 0.2) is 0 Å². The average molecular weight is 324 g/mol. The second kappa shape index (κ2) is 4.33. The van der Waals surface area contributed by atoms with Gasteiger partial charge in [-0.3, -0.25) is 4.57 Å². The fourth-order valence-electron chi connectivity index (χ4n) is 4.11. The van der Waals surface area contributed by atoms with Gasteiger partial charge in [0.25, 0.3) is 0 Å². The Balaban J connectivity index is 1.84. The zero-order chi connectivity index (χ0) is 15.7. The third-order valence-corrected chi connectivity index (χ3v) is 5.44. The van der Waals surface area contributed by atoms with Crippen LogP contribution in [0.5, 0.6) is 11.8 Å². The van der Waals surface area contributed by atoms with Crippen LogP contribution in [0.25, 0.3) is 16.5 Å². The maximum Gasteiger partial charge on any atom is 0.202 e. The molecule has 2 atom stereocenters. The molecule has 23 heavy (non-hydrogen) atoms. The van der Waals surface area contributed by atoms with Crippen molar-refractivity contribution in [1.29, 1.82) is 0 Å². The van der Waals surface area contributed by atoms with Gasteiger partial charge in [-0.1, -0.05) is 48.0 Å². The van der Waals surface area contributed by atoms with Gasteiger partial charge in [-0.05, 0) is 18.6 Å². The Kier molecular flexibility index (Phi) is 2.46. The molecule has 1 heterocycles. The quantitative estimate of drug-likeness (QED) is 0.630. The van der Waals surface area contributed by atoms with E-state index in [0.29, 0.717) is 5.02 Å². The van der Waals surface area contributed by atoms with Gasteiger partial charge in [-0.2, -0.15) is 0 Å². The number of hydrogen-bond acceptors (Lipinski definition) is 2. The summed E-state index contributed by atoms with van der Waals surface area (Å²) in [6.45, 7) is 0. The Morgan fingerprint density at radius 3 is 2.13 bits per heavy atom. The standard InChI is InChI=1S/C19H14ClNO2/c20-14-7-8-15(13-4-2-1-3-12(13)14)21-18(22)16-10-5-6-11(9-10)17(16)19(21)23/h1-8,10-11,22-23H,9H2/t10-,11+. The molecule has 2 N–H and O–H groups in total. The van der Waals surface area contributed by atoms with E-state index < -0.39 is 0 Å². The summed E-state index contributed by atoms with van der Waals surface area (Å²) >= 11 is 6.28. The molecular formula is C19H14ClNO2. The van der Waals surface area contributed by atoms with E-state index in [4.69, 9.17) is 11.6 Å². The summed E-state index contributed by atoms with van der Waals surface area (Å²) in [6.07, 6.45) is 5.20. The number of aromatic nitrogens is 1. The van der Waals surface area contributed by atoms with Gasteiger partial charge in [0.05, 0.1) is 5.69 Å². The van der Waals surface area contributed by atoms with Crippen molar-refractivity contribution in [3.63, 3.8) is 0 Å². The normalized spacial score (nSPS) is 21.3. The predicted octanol–water partition coefficient (Wildman–Crippen LogP) is 4.84. The summed E-state index contributed by atoms with van der Waals surface area (Å²) in [5.41, 5.74) is 2.48. The van der Waals surface area contributed by atoms with Crippen molar-refractivity contribution < 1.29 is 10.2 Å². The van der Waals surface area contributed by atoms with Crippen molar-refractivity contribution in [2.24, 2.45) is 0 Å². The Morgan fingerprint density at radius 2 is 1.48 bits per heavy atom. The van der Waals surface area contributed by atoms with Crippen LogP contribution in [-0.4, -0.2) is 14.8 Å². The molecule has 0 aliphatic heterocycles. The minimum Gasteiger partial charge on any atom is -0.494 e. The topological polar surface area (TPSA) is 45.4 Å². The van der Waals surface area contributed by atoms with Crippen molar-refractivity contribution in [3.8, 4) is 17.4 Å². The molecule has 5 rings (SSSR count). The molecule has 4 heteroatoms. The molecule has 3 nitrogen and oxygen atoms in total. The lowest BCUT2D eigenvalue weighted by atomic mass is 10.0. The highest BCUT2D eigenvalue weighted by molar-refractivity contribution is 6.35. The second-order valence-corrected chi connectivity index (χ2v) is 6.66. The SMILES string of the molecule is Oc1c2c(c(O)n1-c1ccc(Cl)c3ccccc13)[C@H]1C=C[C@@H]2C1. The van der Waals surface area contributed by atoms with Gasteiger partial charge in [0, 0.05) is 38.8 Å². The molecule has 2 aromatic carbocycles. The van der Waals surface area contributed by atoms with Crippen LogP contribution in [0.15, 0.2) is 48.6 Å². The van der Waals surface area contributed by atoms with E-state index >= 15 is 0 Å². The first kappa shape index (κ1) is 13.1. The van der Waals surface area contributed by atoms with Crippen molar-refractivity contribution in [2.45, 2.75) is 18.3 Å². The molecular weight excluding hydrogens is 310 g/mol. The largest absolute Gasteiger partial charge is 0.494 e. The Labute approximate surface area is 138 Å². The summed E-state index contributed by atoms with van der Waals surface area (Å²) in [5.74, 6) is 0.699. The van der Waals surface area contributed by atoms with Crippen molar-refractivity contribution in [3.05, 3.63) is 64.7 Å². The summed E-state index contributed by atoms with van der Waals surface area (Å²) in [7, 11) is 0. The van der Waals surface area contributed by atoms with Crippen molar-refractivity contribution in [2.75, 3.05) is 0 Å². The third-order valence-electron chi connectivity index (χ3n) is 5.11. The van der Waals surface area contributed by atoms with Gasteiger partial charge >= 0.3 is 0 Å². The van der Waals surface area contributed by atoms with Gasteiger partial charge in [0.2, 0.25) is 11.8 Å². The van der Waals surface area contributed by atoms with Gasteiger partial charge in [-0.25, -0.2) is 0 Å². The number of allylic oxidation sites excluding steroid dienone is 2. The molecule has 0 fully saturated rings. The Morgan fingerprint density at radius 1 is 0.870 bits per heavy atom. The molecule has 1 aromatic heterocycles. The molecule has 0 spiro atoms. The van der Waals surface area contributed by atoms with Crippen LogP contribution < -0.4 is 0 Å². The maximum absolute atomic E-state index is 10.8. The molecule has 0 amide bonds. The van der Waals surface area contributed by atoms with Crippen LogP contribution in [0.3, 0.4) is 0 Å². The van der Waals surface area contributed by atoms with Crippen LogP contribution in [0.2, 0.25) is 5.02 Å². The number of nitrogens with zero attached hydrogens (tertiary/aromatic N) is 1. The number of rotatable bonds is 1. The number of halogens is 1. The van der Waals surface area contributed by atoms with E-state index in [1.807, 2.05) is 30.3 Å². The number of hydrogen-bond donors (Lipinski definition) is 2. The lowest BCUT2D eigenvalue weighted by molar-refractivity contribution is 0.396. The Hall–Kier alpha value is -2.39. The summed E-state index contributed by atoms with van der Waals surface area (Å²) < 4.78 is 1.55. The first-order valence-electron chi connectivity index (χ1n) is 7.69. The number of fused-ring (bicyclic) bond motifs is 6.